The van der Waals surface area contributed by atoms with Crippen molar-refractivity contribution >= 4 is 27.7 Å². The van der Waals surface area contributed by atoms with E-state index in [1.165, 1.54) is 12.1 Å². The standard InChI is InChI=1S/C22H24BrFN2O3/c1-2-19(25-22(28)15-11-16(23)13-17(24)12-15)18-7-3-4-8-20(18)29-14-21(27)26-9-5-6-10-26/h3-4,7-8,11-13,19H,2,5-6,9-10,14H2,1H3,(H,25,28). The molecule has 1 heterocycles. The molecule has 2 amide bonds. The van der Waals surface area contributed by atoms with Gasteiger partial charge in [-0.3, -0.25) is 9.59 Å². The monoisotopic (exact) mass is 462 g/mol. The maximum Gasteiger partial charge on any atom is 0.260 e. The van der Waals surface area contributed by atoms with E-state index in [1.807, 2.05) is 30.0 Å². The summed E-state index contributed by atoms with van der Waals surface area (Å²) in [6, 6.07) is 11.1. The lowest BCUT2D eigenvalue weighted by atomic mass is 10.0. The van der Waals surface area contributed by atoms with Crippen molar-refractivity contribution in [3.63, 3.8) is 0 Å². The Morgan fingerprint density at radius 1 is 1.21 bits per heavy atom. The van der Waals surface area contributed by atoms with Gasteiger partial charge in [0.2, 0.25) is 0 Å². The van der Waals surface area contributed by atoms with Crippen molar-refractivity contribution in [1.29, 1.82) is 0 Å². The van der Waals surface area contributed by atoms with Gasteiger partial charge in [-0.15, -0.1) is 0 Å². The molecular weight excluding hydrogens is 439 g/mol. The molecule has 7 heteroatoms. The molecule has 0 aliphatic carbocycles. The fourth-order valence-electron chi connectivity index (χ4n) is 3.42. The minimum atomic E-state index is -0.485. The van der Waals surface area contributed by atoms with Crippen LogP contribution in [0.25, 0.3) is 0 Å². The van der Waals surface area contributed by atoms with E-state index in [0.29, 0.717) is 16.6 Å². The molecule has 1 saturated heterocycles. The van der Waals surface area contributed by atoms with Crippen molar-refractivity contribution in [1.82, 2.24) is 10.2 Å². The Bertz CT molecular complexity index is 864. The van der Waals surface area contributed by atoms with Gasteiger partial charge >= 0.3 is 0 Å². The number of ether oxygens (including phenoxy) is 1. The zero-order valence-corrected chi connectivity index (χ0v) is 17.9. The Kier molecular flexibility index (Phi) is 7.25. The number of likely N-dealkylation sites (tertiary alicyclic amines) is 1. The maximum absolute atomic E-state index is 13.6. The third kappa shape index (κ3) is 5.56. The first kappa shape index (κ1) is 21.3. The molecule has 2 aromatic carbocycles. The van der Waals surface area contributed by atoms with Crippen LogP contribution >= 0.6 is 15.9 Å². The maximum atomic E-state index is 13.6. The molecule has 29 heavy (non-hydrogen) atoms. The summed E-state index contributed by atoms with van der Waals surface area (Å²) in [5.74, 6) is -0.326. The van der Waals surface area contributed by atoms with Crippen LogP contribution in [0.5, 0.6) is 5.75 Å². The number of nitrogens with zero attached hydrogens (tertiary/aromatic N) is 1. The third-order valence-corrected chi connectivity index (χ3v) is 5.40. The fourth-order valence-corrected chi connectivity index (χ4v) is 3.89. The smallest absolute Gasteiger partial charge is 0.260 e. The van der Waals surface area contributed by atoms with E-state index in [0.717, 1.165) is 31.5 Å². The lowest BCUT2D eigenvalue weighted by Crippen LogP contribution is -2.32. The molecule has 1 unspecified atom stereocenters. The van der Waals surface area contributed by atoms with Crippen LogP contribution in [0.2, 0.25) is 0 Å². The molecule has 154 valence electrons. The predicted molar refractivity (Wildman–Crippen MR) is 112 cm³/mol. The van der Waals surface area contributed by atoms with Crippen molar-refractivity contribution < 1.29 is 18.7 Å². The summed E-state index contributed by atoms with van der Waals surface area (Å²) in [6.07, 6.45) is 2.67. The van der Waals surface area contributed by atoms with E-state index in [4.69, 9.17) is 4.74 Å². The Morgan fingerprint density at radius 2 is 1.93 bits per heavy atom. The first-order valence-corrected chi connectivity index (χ1v) is 10.5. The van der Waals surface area contributed by atoms with Crippen molar-refractivity contribution in [3.05, 3.63) is 63.9 Å². The first-order chi connectivity index (χ1) is 14.0. The normalized spacial score (nSPS) is 14.5. The Labute approximate surface area is 178 Å². The largest absolute Gasteiger partial charge is 0.483 e. The topological polar surface area (TPSA) is 58.6 Å². The van der Waals surface area contributed by atoms with Crippen LogP contribution in [0.3, 0.4) is 0 Å². The zero-order valence-electron chi connectivity index (χ0n) is 16.3. The number of halogens is 2. The van der Waals surface area contributed by atoms with Gasteiger partial charge in [0.1, 0.15) is 11.6 Å². The van der Waals surface area contributed by atoms with Crippen LogP contribution in [0.15, 0.2) is 46.9 Å². The van der Waals surface area contributed by atoms with Gasteiger partial charge in [-0.05, 0) is 43.5 Å². The van der Waals surface area contributed by atoms with Crippen molar-refractivity contribution in [2.75, 3.05) is 19.7 Å². The second kappa shape index (κ2) is 9.87. The second-order valence-electron chi connectivity index (χ2n) is 7.01. The average Bonchev–Trinajstić information content (AvgIpc) is 3.24. The summed E-state index contributed by atoms with van der Waals surface area (Å²) < 4.78 is 19.9. The summed E-state index contributed by atoms with van der Waals surface area (Å²) in [6.45, 7) is 3.47. The van der Waals surface area contributed by atoms with E-state index in [2.05, 4.69) is 21.2 Å². The molecule has 2 aromatic rings. The molecule has 0 radical (unpaired) electrons. The SMILES string of the molecule is CCC(NC(=O)c1cc(F)cc(Br)c1)c1ccccc1OCC(=O)N1CCCC1. The molecule has 0 saturated carbocycles. The summed E-state index contributed by atoms with van der Waals surface area (Å²) in [4.78, 5) is 26.7. The van der Waals surface area contributed by atoms with Crippen LogP contribution in [0, 0.1) is 5.82 Å². The third-order valence-electron chi connectivity index (χ3n) is 4.94. The number of nitrogens with one attached hydrogen (secondary N) is 1. The second-order valence-corrected chi connectivity index (χ2v) is 7.92. The van der Waals surface area contributed by atoms with Crippen molar-refractivity contribution in [2.45, 2.75) is 32.2 Å². The van der Waals surface area contributed by atoms with Gasteiger partial charge in [0.05, 0.1) is 6.04 Å². The number of hydrogen-bond donors (Lipinski definition) is 1. The van der Waals surface area contributed by atoms with E-state index in [9.17, 15) is 14.0 Å². The van der Waals surface area contributed by atoms with Crippen LogP contribution in [0.1, 0.15) is 48.1 Å². The first-order valence-electron chi connectivity index (χ1n) is 9.74. The highest BCUT2D eigenvalue weighted by Crippen LogP contribution is 2.28. The van der Waals surface area contributed by atoms with E-state index >= 15 is 0 Å². The lowest BCUT2D eigenvalue weighted by molar-refractivity contribution is -0.132. The highest BCUT2D eigenvalue weighted by Gasteiger charge is 2.21. The molecule has 3 rings (SSSR count). The molecule has 1 aliphatic rings. The molecule has 1 aliphatic heterocycles. The molecule has 0 spiro atoms. The average molecular weight is 463 g/mol. The highest BCUT2D eigenvalue weighted by atomic mass is 79.9. The minimum Gasteiger partial charge on any atom is -0.483 e. The quantitative estimate of drug-likeness (QED) is 0.660. The molecule has 0 bridgehead atoms. The summed E-state index contributed by atoms with van der Waals surface area (Å²) >= 11 is 3.21. The number of carbonyl (C=O) groups is 2. The minimum absolute atomic E-state index is 0.0287. The van der Waals surface area contributed by atoms with E-state index < -0.39 is 5.82 Å². The lowest BCUT2D eigenvalue weighted by Gasteiger charge is -2.22. The van der Waals surface area contributed by atoms with Gasteiger partial charge < -0.3 is 15.0 Å². The van der Waals surface area contributed by atoms with Crippen molar-refractivity contribution in [3.8, 4) is 5.75 Å². The van der Waals surface area contributed by atoms with Gasteiger partial charge in [-0.1, -0.05) is 41.1 Å². The predicted octanol–water partition coefficient (Wildman–Crippen LogP) is 4.47. The molecule has 5 nitrogen and oxygen atoms in total. The van der Waals surface area contributed by atoms with Gasteiger partial charge in [-0.2, -0.15) is 0 Å². The number of benzene rings is 2. The molecule has 1 fully saturated rings. The zero-order chi connectivity index (χ0) is 20.8. The molecule has 1 N–H and O–H groups in total. The van der Waals surface area contributed by atoms with Gasteiger partial charge in [0, 0.05) is 28.7 Å². The van der Waals surface area contributed by atoms with Gasteiger partial charge in [-0.25, -0.2) is 4.39 Å². The molecular formula is C22H24BrFN2O3. The fraction of sp³-hybridized carbons (Fsp3) is 0.364. The summed E-state index contributed by atoms with van der Waals surface area (Å²) in [5, 5.41) is 2.94. The molecule has 1 atom stereocenters. The number of rotatable bonds is 7. The Balaban J connectivity index is 1.71. The van der Waals surface area contributed by atoms with Gasteiger partial charge in [0.15, 0.2) is 6.61 Å². The Morgan fingerprint density at radius 3 is 2.62 bits per heavy atom. The van der Waals surface area contributed by atoms with Crippen LogP contribution in [0.4, 0.5) is 4.39 Å². The van der Waals surface area contributed by atoms with Crippen LogP contribution in [-0.4, -0.2) is 36.4 Å². The molecule has 0 aromatic heterocycles. The summed E-state index contributed by atoms with van der Waals surface area (Å²) in [5.41, 5.74) is 1.02. The van der Waals surface area contributed by atoms with E-state index in [-0.39, 0.29) is 30.0 Å². The highest BCUT2D eigenvalue weighted by molar-refractivity contribution is 9.10. The van der Waals surface area contributed by atoms with Gasteiger partial charge in [0.25, 0.3) is 11.8 Å². The number of amides is 2. The van der Waals surface area contributed by atoms with E-state index in [1.54, 1.807) is 12.1 Å². The number of para-hydroxylation sites is 1. The van der Waals surface area contributed by atoms with Crippen LogP contribution < -0.4 is 10.1 Å². The number of hydrogen-bond acceptors (Lipinski definition) is 3. The van der Waals surface area contributed by atoms with Crippen molar-refractivity contribution in [2.24, 2.45) is 0 Å². The summed E-state index contributed by atoms with van der Waals surface area (Å²) in [7, 11) is 0. The number of carbonyl (C=O) groups excluding carboxylic acids is 2. The Hall–Kier alpha value is -2.41. The van der Waals surface area contributed by atoms with Crippen LogP contribution in [-0.2, 0) is 4.79 Å².